The second kappa shape index (κ2) is 7.37. The molecule has 6 heteroatoms. The summed E-state index contributed by atoms with van der Waals surface area (Å²) in [4.78, 5) is 24.0. The van der Waals surface area contributed by atoms with Crippen molar-refractivity contribution in [1.29, 1.82) is 0 Å². The summed E-state index contributed by atoms with van der Waals surface area (Å²) in [6.07, 6.45) is 0. The summed E-state index contributed by atoms with van der Waals surface area (Å²) in [6, 6.07) is 7.12. The van der Waals surface area contributed by atoms with E-state index in [-0.39, 0.29) is 12.6 Å². The van der Waals surface area contributed by atoms with Gasteiger partial charge in [0.15, 0.2) is 0 Å². The smallest absolute Gasteiger partial charge is 0.317 e. The Bertz CT molecular complexity index is 476. The van der Waals surface area contributed by atoms with E-state index in [4.69, 9.17) is 9.84 Å². The number of nitrogens with one attached hydrogen (secondary N) is 1. The number of benzene rings is 1. The van der Waals surface area contributed by atoms with Gasteiger partial charge < -0.3 is 20.1 Å². The van der Waals surface area contributed by atoms with Gasteiger partial charge >= 0.3 is 12.0 Å². The quantitative estimate of drug-likeness (QED) is 0.828. The van der Waals surface area contributed by atoms with Gasteiger partial charge in [0.25, 0.3) is 0 Å². The van der Waals surface area contributed by atoms with Gasteiger partial charge in [-0.3, -0.25) is 4.79 Å². The van der Waals surface area contributed by atoms with E-state index in [1.165, 1.54) is 4.90 Å². The van der Waals surface area contributed by atoms with E-state index < -0.39 is 11.9 Å². The van der Waals surface area contributed by atoms with Gasteiger partial charge in [-0.15, -0.1) is 0 Å². The summed E-state index contributed by atoms with van der Waals surface area (Å²) in [6.45, 7) is 2.03. The highest BCUT2D eigenvalue weighted by Gasteiger charge is 2.15. The molecule has 20 heavy (non-hydrogen) atoms. The van der Waals surface area contributed by atoms with Crippen molar-refractivity contribution < 1.29 is 19.4 Å². The van der Waals surface area contributed by atoms with Gasteiger partial charge in [-0.2, -0.15) is 0 Å². The Morgan fingerprint density at radius 3 is 2.65 bits per heavy atom. The average Bonchev–Trinajstić information content (AvgIpc) is 2.44. The molecule has 0 bridgehead atoms. The van der Waals surface area contributed by atoms with Gasteiger partial charge in [-0.05, 0) is 6.07 Å². The van der Waals surface area contributed by atoms with Crippen molar-refractivity contribution in [2.75, 3.05) is 20.7 Å². The fourth-order valence-electron chi connectivity index (χ4n) is 1.62. The van der Waals surface area contributed by atoms with Crippen LogP contribution in [0, 0.1) is 5.92 Å². The normalized spacial score (nSPS) is 11.6. The van der Waals surface area contributed by atoms with Crippen LogP contribution in [0.25, 0.3) is 0 Å². The summed E-state index contributed by atoms with van der Waals surface area (Å²) < 4.78 is 5.22. The summed E-state index contributed by atoms with van der Waals surface area (Å²) >= 11 is 0. The number of nitrogens with zero attached hydrogens (tertiary/aromatic N) is 1. The first-order chi connectivity index (χ1) is 9.45. The lowest BCUT2D eigenvalue weighted by molar-refractivity contribution is -0.140. The van der Waals surface area contributed by atoms with Gasteiger partial charge in [0.05, 0.1) is 19.6 Å². The molecule has 2 amide bonds. The van der Waals surface area contributed by atoms with Gasteiger partial charge in [-0.1, -0.05) is 25.1 Å². The van der Waals surface area contributed by atoms with Gasteiger partial charge in [-0.25, -0.2) is 4.79 Å². The number of urea groups is 1. The maximum absolute atomic E-state index is 11.9. The number of hydrogen-bond acceptors (Lipinski definition) is 3. The standard InChI is InChI=1S/C14H20N2O4/c1-10(13(17)18)8-15-14(19)16(2)9-11-6-4-5-7-12(11)20-3/h4-7,10H,8-9H2,1-3H3,(H,15,19)(H,17,18). The molecule has 1 unspecified atom stereocenters. The maximum Gasteiger partial charge on any atom is 0.317 e. The first-order valence-electron chi connectivity index (χ1n) is 6.29. The van der Waals surface area contributed by atoms with E-state index in [0.717, 1.165) is 5.56 Å². The number of carbonyl (C=O) groups excluding carboxylic acids is 1. The van der Waals surface area contributed by atoms with Crippen molar-refractivity contribution in [1.82, 2.24) is 10.2 Å². The molecule has 1 aromatic rings. The molecule has 1 atom stereocenters. The summed E-state index contributed by atoms with van der Waals surface area (Å²) in [5, 5.41) is 11.3. The second-order valence-electron chi connectivity index (χ2n) is 4.59. The Morgan fingerprint density at radius 1 is 1.40 bits per heavy atom. The van der Waals surface area contributed by atoms with Crippen LogP contribution >= 0.6 is 0 Å². The summed E-state index contributed by atoms with van der Waals surface area (Å²) in [7, 11) is 3.22. The Hall–Kier alpha value is -2.24. The third kappa shape index (κ3) is 4.46. The molecule has 0 saturated carbocycles. The highest BCUT2D eigenvalue weighted by atomic mass is 16.5. The topological polar surface area (TPSA) is 78.9 Å². The monoisotopic (exact) mass is 280 g/mol. The number of amides is 2. The van der Waals surface area contributed by atoms with Crippen molar-refractivity contribution in [2.45, 2.75) is 13.5 Å². The van der Waals surface area contributed by atoms with Crippen molar-refractivity contribution in [3.8, 4) is 5.75 Å². The average molecular weight is 280 g/mol. The number of hydrogen-bond donors (Lipinski definition) is 2. The molecular weight excluding hydrogens is 260 g/mol. The maximum atomic E-state index is 11.9. The largest absolute Gasteiger partial charge is 0.496 e. The predicted molar refractivity (Wildman–Crippen MR) is 74.7 cm³/mol. The molecule has 0 aliphatic rings. The van der Waals surface area contributed by atoms with Crippen LogP contribution in [0.4, 0.5) is 4.79 Å². The van der Waals surface area contributed by atoms with Crippen molar-refractivity contribution in [3.63, 3.8) is 0 Å². The molecular formula is C14H20N2O4. The summed E-state index contributed by atoms with van der Waals surface area (Å²) in [5.41, 5.74) is 0.888. The molecule has 0 aliphatic carbocycles. The number of para-hydroxylation sites is 1. The lowest BCUT2D eigenvalue weighted by atomic mass is 10.2. The SMILES string of the molecule is COc1ccccc1CN(C)C(=O)NCC(C)C(=O)O. The molecule has 1 aromatic carbocycles. The van der Waals surface area contributed by atoms with Crippen molar-refractivity contribution >= 4 is 12.0 Å². The summed E-state index contributed by atoms with van der Waals surface area (Å²) in [5.74, 6) is -0.831. The number of carboxylic acid groups (broad SMARTS) is 1. The minimum absolute atomic E-state index is 0.102. The molecule has 0 spiro atoms. The number of aliphatic carboxylic acids is 1. The van der Waals surface area contributed by atoms with Crippen LogP contribution in [0.15, 0.2) is 24.3 Å². The lowest BCUT2D eigenvalue weighted by Gasteiger charge is -2.20. The first kappa shape index (κ1) is 15.8. The lowest BCUT2D eigenvalue weighted by Crippen LogP contribution is -2.40. The molecule has 0 saturated heterocycles. The number of methoxy groups -OCH3 is 1. The zero-order valence-electron chi connectivity index (χ0n) is 11.9. The van der Waals surface area contributed by atoms with E-state index in [9.17, 15) is 9.59 Å². The van der Waals surface area contributed by atoms with Crippen LogP contribution in [0.3, 0.4) is 0 Å². The third-order valence-corrected chi connectivity index (χ3v) is 2.93. The van der Waals surface area contributed by atoms with Gasteiger partial charge in [0, 0.05) is 19.2 Å². The minimum Gasteiger partial charge on any atom is -0.496 e. The zero-order valence-corrected chi connectivity index (χ0v) is 11.9. The van der Waals surface area contributed by atoms with Crippen LogP contribution in [0.2, 0.25) is 0 Å². The first-order valence-corrected chi connectivity index (χ1v) is 6.29. The molecule has 1 rings (SSSR count). The fraction of sp³-hybridized carbons (Fsp3) is 0.429. The number of rotatable bonds is 6. The van der Waals surface area contributed by atoms with Crippen molar-refractivity contribution in [3.05, 3.63) is 29.8 Å². The molecule has 0 aliphatic heterocycles. The highest BCUT2D eigenvalue weighted by Crippen LogP contribution is 2.18. The van der Waals surface area contributed by atoms with Crippen LogP contribution in [-0.2, 0) is 11.3 Å². The van der Waals surface area contributed by atoms with Crippen molar-refractivity contribution in [2.24, 2.45) is 5.92 Å². The van der Waals surface area contributed by atoms with Crippen LogP contribution in [0.1, 0.15) is 12.5 Å². The molecule has 110 valence electrons. The van der Waals surface area contributed by atoms with Crippen LogP contribution in [0.5, 0.6) is 5.75 Å². The van der Waals surface area contributed by atoms with E-state index in [1.807, 2.05) is 24.3 Å². The number of carbonyl (C=O) groups is 2. The second-order valence-corrected chi connectivity index (χ2v) is 4.59. The van der Waals surface area contributed by atoms with E-state index >= 15 is 0 Å². The zero-order chi connectivity index (χ0) is 15.1. The predicted octanol–water partition coefficient (Wildman–Crippen LogP) is 1.56. The van der Waals surface area contributed by atoms with Crippen LogP contribution < -0.4 is 10.1 Å². The Kier molecular flexibility index (Phi) is 5.83. The van der Waals surface area contributed by atoms with Crippen LogP contribution in [-0.4, -0.2) is 42.7 Å². The molecule has 0 radical (unpaired) electrons. The molecule has 0 aromatic heterocycles. The third-order valence-electron chi connectivity index (χ3n) is 2.93. The Labute approximate surface area is 118 Å². The molecule has 0 heterocycles. The Balaban J connectivity index is 2.55. The highest BCUT2D eigenvalue weighted by molar-refractivity contribution is 5.75. The fourth-order valence-corrected chi connectivity index (χ4v) is 1.62. The molecule has 2 N–H and O–H groups in total. The number of ether oxygens (including phenoxy) is 1. The minimum atomic E-state index is -0.933. The molecule has 0 fully saturated rings. The van der Waals surface area contributed by atoms with Gasteiger partial charge in [0.1, 0.15) is 5.75 Å². The van der Waals surface area contributed by atoms with E-state index in [2.05, 4.69) is 5.32 Å². The van der Waals surface area contributed by atoms with Gasteiger partial charge in [0.2, 0.25) is 0 Å². The Morgan fingerprint density at radius 2 is 2.05 bits per heavy atom. The van der Waals surface area contributed by atoms with E-state index in [0.29, 0.717) is 12.3 Å². The van der Waals surface area contributed by atoms with E-state index in [1.54, 1.807) is 21.1 Å². The molecule has 6 nitrogen and oxygen atoms in total. The number of carboxylic acids is 1.